The predicted molar refractivity (Wildman–Crippen MR) is 111 cm³/mol. The third-order valence-corrected chi connectivity index (χ3v) is 4.54. The zero-order valence-electron chi connectivity index (χ0n) is 16.6. The number of phenols is 1. The quantitative estimate of drug-likeness (QED) is 0.498. The normalized spacial score (nSPS) is 11.4. The maximum Gasteiger partial charge on any atom is 0.319 e. The zero-order valence-corrected chi connectivity index (χ0v) is 17.4. The van der Waals surface area contributed by atoms with Crippen molar-refractivity contribution in [2.45, 2.75) is 32.7 Å². The SMILES string of the molecule is CC(C)(C)c1cc(CNC(=O)Nc2cc(F)c(O)c(F)c2)n(-c2cccc(Cl)c2)n1. The Morgan fingerprint density at radius 1 is 1.17 bits per heavy atom. The molecule has 2 amide bonds. The van der Waals surface area contributed by atoms with E-state index in [9.17, 15) is 13.6 Å². The topological polar surface area (TPSA) is 79.2 Å². The van der Waals surface area contributed by atoms with Crippen LogP contribution in [0.4, 0.5) is 19.3 Å². The first-order valence-electron chi connectivity index (χ1n) is 9.13. The second-order valence-electron chi connectivity index (χ2n) is 7.76. The molecule has 0 unspecified atom stereocenters. The second-order valence-corrected chi connectivity index (χ2v) is 8.20. The lowest BCUT2D eigenvalue weighted by atomic mass is 9.92. The molecule has 30 heavy (non-hydrogen) atoms. The van der Waals surface area contributed by atoms with E-state index in [1.54, 1.807) is 22.9 Å². The molecule has 1 aromatic heterocycles. The summed E-state index contributed by atoms with van der Waals surface area (Å²) in [5.41, 5.74) is 1.90. The van der Waals surface area contributed by atoms with Gasteiger partial charge in [0.05, 0.1) is 23.6 Å². The molecule has 6 nitrogen and oxygen atoms in total. The van der Waals surface area contributed by atoms with Gasteiger partial charge in [-0.05, 0) is 24.3 Å². The Labute approximate surface area is 177 Å². The van der Waals surface area contributed by atoms with Crippen LogP contribution < -0.4 is 10.6 Å². The summed E-state index contributed by atoms with van der Waals surface area (Å²) >= 11 is 6.10. The maximum atomic E-state index is 13.4. The van der Waals surface area contributed by atoms with Crippen molar-refractivity contribution in [1.29, 1.82) is 0 Å². The number of hydrogen-bond donors (Lipinski definition) is 3. The van der Waals surface area contributed by atoms with Crippen molar-refractivity contribution in [1.82, 2.24) is 15.1 Å². The molecular formula is C21H21ClF2N4O2. The van der Waals surface area contributed by atoms with Crippen LogP contribution in [0.15, 0.2) is 42.5 Å². The number of anilines is 1. The molecular weight excluding hydrogens is 414 g/mol. The number of aromatic hydroxyl groups is 1. The van der Waals surface area contributed by atoms with E-state index in [0.717, 1.165) is 23.5 Å². The molecule has 0 bridgehead atoms. The van der Waals surface area contributed by atoms with Crippen molar-refractivity contribution in [3.05, 3.63) is 70.5 Å². The summed E-state index contributed by atoms with van der Waals surface area (Å²) in [6.07, 6.45) is 0. The first-order valence-corrected chi connectivity index (χ1v) is 9.50. The average Bonchev–Trinajstić information content (AvgIpc) is 3.09. The average molecular weight is 435 g/mol. The second kappa shape index (κ2) is 8.31. The Balaban J connectivity index is 1.80. The van der Waals surface area contributed by atoms with E-state index < -0.39 is 23.4 Å². The Morgan fingerprint density at radius 3 is 2.43 bits per heavy atom. The van der Waals surface area contributed by atoms with Crippen molar-refractivity contribution in [2.75, 3.05) is 5.32 Å². The van der Waals surface area contributed by atoms with Gasteiger partial charge in [-0.15, -0.1) is 0 Å². The number of carbonyl (C=O) groups excluding carboxylic acids is 1. The van der Waals surface area contributed by atoms with Gasteiger partial charge in [-0.3, -0.25) is 0 Å². The molecule has 0 saturated heterocycles. The fraction of sp³-hybridized carbons (Fsp3) is 0.238. The Bertz CT molecular complexity index is 1070. The van der Waals surface area contributed by atoms with E-state index in [1.807, 2.05) is 32.9 Å². The summed E-state index contributed by atoms with van der Waals surface area (Å²) in [6, 6.07) is 10.0. The number of rotatable bonds is 4. The first-order chi connectivity index (χ1) is 14.0. The van der Waals surface area contributed by atoms with Gasteiger partial charge in [-0.25, -0.2) is 18.3 Å². The van der Waals surface area contributed by atoms with Crippen molar-refractivity contribution in [3.8, 4) is 11.4 Å². The van der Waals surface area contributed by atoms with E-state index in [4.69, 9.17) is 16.7 Å². The van der Waals surface area contributed by atoms with E-state index >= 15 is 0 Å². The van der Waals surface area contributed by atoms with Crippen molar-refractivity contribution in [3.63, 3.8) is 0 Å². The Morgan fingerprint density at radius 2 is 1.83 bits per heavy atom. The third-order valence-electron chi connectivity index (χ3n) is 4.31. The molecule has 0 spiro atoms. The van der Waals surface area contributed by atoms with Crippen LogP contribution in [0.1, 0.15) is 32.2 Å². The van der Waals surface area contributed by atoms with Gasteiger partial charge in [-0.1, -0.05) is 38.4 Å². The summed E-state index contributed by atoms with van der Waals surface area (Å²) in [4.78, 5) is 12.2. The van der Waals surface area contributed by atoms with Gasteiger partial charge in [-0.2, -0.15) is 5.10 Å². The highest BCUT2D eigenvalue weighted by atomic mass is 35.5. The fourth-order valence-corrected chi connectivity index (χ4v) is 2.91. The van der Waals surface area contributed by atoms with Crippen molar-refractivity contribution in [2.24, 2.45) is 0 Å². The molecule has 0 aliphatic carbocycles. The van der Waals surface area contributed by atoms with Gasteiger partial charge in [0.15, 0.2) is 17.4 Å². The Kier molecular flexibility index (Phi) is 5.98. The largest absolute Gasteiger partial charge is 0.503 e. The highest BCUT2D eigenvalue weighted by Crippen LogP contribution is 2.25. The summed E-state index contributed by atoms with van der Waals surface area (Å²) in [7, 11) is 0. The zero-order chi connectivity index (χ0) is 22.1. The molecule has 0 aliphatic rings. The lowest BCUT2D eigenvalue weighted by Crippen LogP contribution is -2.29. The van der Waals surface area contributed by atoms with Crippen LogP contribution in [0.25, 0.3) is 5.69 Å². The molecule has 0 atom stereocenters. The Hall–Kier alpha value is -3.13. The van der Waals surface area contributed by atoms with Crippen LogP contribution in [0.3, 0.4) is 0 Å². The molecule has 2 aromatic carbocycles. The molecule has 3 N–H and O–H groups in total. The molecule has 9 heteroatoms. The van der Waals surface area contributed by atoms with Crippen LogP contribution in [-0.4, -0.2) is 20.9 Å². The van der Waals surface area contributed by atoms with E-state index in [0.29, 0.717) is 10.7 Å². The molecule has 158 valence electrons. The van der Waals surface area contributed by atoms with Gasteiger partial charge in [0.2, 0.25) is 0 Å². The summed E-state index contributed by atoms with van der Waals surface area (Å²) in [5.74, 6) is -3.43. The van der Waals surface area contributed by atoms with Gasteiger partial charge in [0.1, 0.15) is 0 Å². The number of carbonyl (C=O) groups is 1. The van der Waals surface area contributed by atoms with Gasteiger partial charge in [0, 0.05) is 28.3 Å². The van der Waals surface area contributed by atoms with Crippen LogP contribution in [0, 0.1) is 11.6 Å². The minimum atomic E-state index is -1.17. The highest BCUT2D eigenvalue weighted by molar-refractivity contribution is 6.30. The third kappa shape index (κ3) is 4.88. The molecule has 0 aliphatic heterocycles. The molecule has 1 heterocycles. The van der Waals surface area contributed by atoms with E-state index in [2.05, 4.69) is 15.7 Å². The predicted octanol–water partition coefficient (Wildman–Crippen LogP) is 5.13. The smallest absolute Gasteiger partial charge is 0.319 e. The lowest BCUT2D eigenvalue weighted by molar-refractivity contribution is 0.251. The number of halogens is 3. The molecule has 0 fully saturated rings. The highest BCUT2D eigenvalue weighted by Gasteiger charge is 2.21. The minimum absolute atomic E-state index is 0.102. The minimum Gasteiger partial charge on any atom is -0.503 e. The number of benzene rings is 2. The van der Waals surface area contributed by atoms with Gasteiger partial charge < -0.3 is 15.7 Å². The fourth-order valence-electron chi connectivity index (χ4n) is 2.73. The number of urea groups is 1. The lowest BCUT2D eigenvalue weighted by Gasteiger charge is -2.14. The van der Waals surface area contributed by atoms with Crippen LogP contribution in [0.2, 0.25) is 5.02 Å². The molecule has 0 saturated carbocycles. The monoisotopic (exact) mass is 434 g/mol. The number of nitrogens with zero attached hydrogens (tertiary/aromatic N) is 2. The number of amides is 2. The number of phenolic OH excluding ortho intramolecular Hbond substituents is 1. The number of nitrogens with one attached hydrogen (secondary N) is 2. The number of aromatic nitrogens is 2. The standard InChI is InChI=1S/C21H21ClF2N4O2/c1-21(2,3)18-10-15(28(27-18)14-6-4-5-12(22)7-14)11-25-20(30)26-13-8-16(23)19(29)17(24)9-13/h4-10,29H,11H2,1-3H3,(H2,25,26,30). The van der Waals surface area contributed by atoms with Crippen LogP contribution in [-0.2, 0) is 12.0 Å². The molecule has 3 aromatic rings. The van der Waals surface area contributed by atoms with Crippen LogP contribution in [0.5, 0.6) is 5.75 Å². The summed E-state index contributed by atoms with van der Waals surface area (Å²) in [6.45, 7) is 6.17. The molecule has 3 rings (SSSR count). The van der Waals surface area contributed by atoms with Gasteiger partial charge >= 0.3 is 6.03 Å². The maximum absolute atomic E-state index is 13.4. The first kappa shape index (κ1) is 21.6. The van der Waals surface area contributed by atoms with Crippen molar-refractivity contribution >= 4 is 23.3 Å². The van der Waals surface area contributed by atoms with Crippen molar-refractivity contribution < 1.29 is 18.7 Å². The summed E-state index contributed by atoms with van der Waals surface area (Å²) in [5, 5.41) is 19.3. The number of hydrogen-bond acceptors (Lipinski definition) is 3. The van der Waals surface area contributed by atoms with E-state index in [-0.39, 0.29) is 17.6 Å². The molecule has 0 radical (unpaired) electrons. The van der Waals surface area contributed by atoms with Gasteiger partial charge in [0.25, 0.3) is 0 Å². The van der Waals surface area contributed by atoms with E-state index in [1.165, 1.54) is 0 Å². The van der Waals surface area contributed by atoms with Crippen LogP contribution >= 0.6 is 11.6 Å². The summed E-state index contributed by atoms with van der Waals surface area (Å²) < 4.78 is 28.6.